The van der Waals surface area contributed by atoms with Gasteiger partial charge in [0.2, 0.25) is 17.7 Å². The highest BCUT2D eigenvalue weighted by atomic mass is 35.5. The maximum atomic E-state index is 14.3. The van der Waals surface area contributed by atoms with E-state index in [2.05, 4.69) is 55.8 Å². The Morgan fingerprint density at radius 2 is 0.793 bits per heavy atom. The normalized spacial score (nSPS) is 16.8. The zero-order valence-electron chi connectivity index (χ0n) is 62.4. The molecule has 3 saturated heterocycles. The van der Waals surface area contributed by atoms with Crippen molar-refractivity contribution in [1.82, 2.24) is 30.7 Å². The molecule has 6 amide bonds. The Hall–Kier alpha value is -8.81. The van der Waals surface area contributed by atoms with Gasteiger partial charge in [-0.25, -0.2) is 0 Å². The highest BCUT2D eigenvalue weighted by Crippen LogP contribution is 2.41. The van der Waals surface area contributed by atoms with E-state index >= 15 is 0 Å². The second-order valence-corrected chi connectivity index (χ2v) is 30.8. The zero-order chi connectivity index (χ0) is 76.9. The van der Waals surface area contributed by atoms with Crippen molar-refractivity contribution in [3.8, 4) is 34.5 Å². The molecule has 0 saturated carbocycles. The van der Waals surface area contributed by atoms with E-state index in [0.717, 1.165) is 55.1 Å². The molecule has 0 bridgehead atoms. The van der Waals surface area contributed by atoms with Crippen LogP contribution in [0.3, 0.4) is 0 Å². The molecule has 10 aromatic rings. The number of aryl methyl sites for hydroxylation is 2. The van der Waals surface area contributed by atoms with Gasteiger partial charge in [0.25, 0.3) is 17.7 Å². The molecule has 3 aliphatic rings. The number of benzene rings is 7. The Balaban J connectivity index is 0.000000190. The minimum Gasteiger partial charge on any atom is -0.457 e. The molecule has 3 aliphatic heterocycles. The second kappa shape index (κ2) is 42.2. The number of rotatable bonds is 23. The van der Waals surface area contributed by atoms with E-state index in [-0.39, 0.29) is 102 Å². The number of ether oxygens (including phenoxy) is 3. The summed E-state index contributed by atoms with van der Waals surface area (Å²) in [7, 11) is 0. The highest BCUT2D eigenvalue weighted by Gasteiger charge is 2.42. The summed E-state index contributed by atoms with van der Waals surface area (Å²) in [5.41, 5.74) is 4.61. The first kappa shape index (κ1) is 86.2. The van der Waals surface area contributed by atoms with Gasteiger partial charge in [-0.3, -0.25) is 43.5 Å². The molecule has 7 atom stereocenters. The molecule has 6 heterocycles. The van der Waals surface area contributed by atoms with Crippen LogP contribution in [0, 0.1) is 19.8 Å². The lowest BCUT2D eigenvalue weighted by molar-refractivity contribution is -0.136. The van der Waals surface area contributed by atoms with Crippen LogP contribution in [0.15, 0.2) is 235 Å². The van der Waals surface area contributed by atoms with Crippen LogP contribution in [-0.2, 0) is 28.8 Å². The van der Waals surface area contributed by atoms with Gasteiger partial charge in [-0.05, 0) is 182 Å². The molecule has 7 aromatic carbocycles. The maximum Gasteiger partial charge on any atom is 0.251 e. The van der Waals surface area contributed by atoms with Gasteiger partial charge >= 0.3 is 0 Å². The van der Waals surface area contributed by atoms with Crippen LogP contribution in [0.4, 0.5) is 17.1 Å². The van der Waals surface area contributed by atoms with Gasteiger partial charge in [0, 0.05) is 108 Å². The first-order valence-corrected chi connectivity index (χ1v) is 40.5. The first-order chi connectivity index (χ1) is 52.9. The molecule has 18 nitrogen and oxygen atoms in total. The van der Waals surface area contributed by atoms with E-state index in [1.54, 1.807) is 34.1 Å². The Morgan fingerprint density at radius 3 is 1.19 bits per heavy atom. The van der Waals surface area contributed by atoms with Crippen molar-refractivity contribution in [2.24, 2.45) is 5.92 Å². The number of alkyl halides is 3. The topological polar surface area (TPSA) is 186 Å². The molecule has 3 unspecified atom stereocenters. The minimum absolute atomic E-state index is 0. The molecular formula is C85H92Cl5N9O9S3. The molecule has 0 aliphatic carbocycles. The van der Waals surface area contributed by atoms with Crippen molar-refractivity contribution < 1.29 is 43.0 Å². The quantitative estimate of drug-likeness (QED) is 0.0516. The van der Waals surface area contributed by atoms with Gasteiger partial charge in [-0.1, -0.05) is 117 Å². The van der Waals surface area contributed by atoms with Gasteiger partial charge in [-0.2, -0.15) is 0 Å². The van der Waals surface area contributed by atoms with Crippen molar-refractivity contribution in [3.05, 3.63) is 266 Å². The van der Waals surface area contributed by atoms with E-state index in [1.807, 2.05) is 227 Å². The standard InChI is InChI=1S/C31H30ClN3O3S.C28H32ClN3O3S.C26H28ClN3O3S.2ClH/c1-22-19-25(38-24-11-6-3-7-12-24)14-15-27(22)35(29(36)20-32)30(28-13-8-18-39-28)31(37)34-17-16-33-26(21-34)23-9-4-2-5-10-23;1-19(2)23-18-31(14-13-30-23)28(34)27(25-10-7-15-36-25)32(26(33)17-29)24-12-11-22(16-20(24)3)35-21-8-5-4-6-9-21;1-18-16-29(17-19(2)28-18)26(32)25(23-9-6-14-34-23)30(24(31)15-27)20-10-12-22(13-11-20)33-21-7-4-3-5-8-21;;/h2-15,18-19,26,30,33H,16-17,20-21H2,1H3;4-12,15-16,19,23,27,30H,13-14,17-18H2,1-3H3;3-14,18-19,25,28H,15-17H2,1-2H3;2*1H/t;23-,27-;18-,19+,25?;;/m.1.../s1. The highest BCUT2D eigenvalue weighted by molar-refractivity contribution is 7.10. The van der Waals surface area contributed by atoms with Crippen LogP contribution in [0.1, 0.15) is 83.2 Å². The zero-order valence-corrected chi connectivity index (χ0v) is 68.8. The summed E-state index contributed by atoms with van der Waals surface area (Å²) in [6, 6.07) is 66.4. The van der Waals surface area contributed by atoms with Crippen LogP contribution >= 0.6 is 93.6 Å². The third-order valence-corrected chi connectivity index (χ3v) is 22.3. The Bertz CT molecular complexity index is 4580. The number of amides is 6. The van der Waals surface area contributed by atoms with Crippen molar-refractivity contribution in [3.63, 3.8) is 0 Å². The summed E-state index contributed by atoms with van der Waals surface area (Å²) < 4.78 is 17.9. The number of hydrogen-bond donors (Lipinski definition) is 3. The molecule has 13 rings (SSSR count). The number of carbonyl (C=O) groups excluding carboxylic acids is 6. The van der Waals surface area contributed by atoms with Gasteiger partial charge < -0.3 is 44.9 Å². The third-order valence-electron chi connectivity index (χ3n) is 18.9. The molecule has 3 N–H and O–H groups in total. The summed E-state index contributed by atoms with van der Waals surface area (Å²) in [5, 5.41) is 16.2. The third kappa shape index (κ3) is 22.5. The smallest absolute Gasteiger partial charge is 0.251 e. The molecule has 111 heavy (non-hydrogen) atoms. The summed E-state index contributed by atoms with van der Waals surface area (Å²) >= 11 is 22.7. The van der Waals surface area contributed by atoms with Crippen molar-refractivity contribution in [2.75, 3.05) is 84.7 Å². The monoisotopic (exact) mass is 1650 g/mol. The number of piperazine rings is 3. The average Bonchev–Trinajstić information content (AvgIpc) is 1.75. The predicted octanol–water partition coefficient (Wildman–Crippen LogP) is 17.9. The molecule has 3 aromatic heterocycles. The number of hydrogen-bond acceptors (Lipinski definition) is 15. The van der Waals surface area contributed by atoms with Gasteiger partial charge in [0.05, 0.1) is 0 Å². The molecule has 584 valence electrons. The summed E-state index contributed by atoms with van der Waals surface area (Å²) in [6.07, 6.45) is 0. The van der Waals surface area contributed by atoms with Crippen LogP contribution in [0.25, 0.3) is 0 Å². The number of nitrogens with one attached hydrogen (secondary N) is 3. The lowest BCUT2D eigenvalue weighted by Gasteiger charge is -2.40. The van der Waals surface area contributed by atoms with E-state index in [0.29, 0.717) is 86.0 Å². The van der Waals surface area contributed by atoms with Gasteiger partial charge in [-0.15, -0.1) is 93.6 Å². The van der Waals surface area contributed by atoms with Crippen molar-refractivity contribution >= 4 is 146 Å². The summed E-state index contributed by atoms with van der Waals surface area (Å²) in [5.74, 6) is 2.48. The molecule has 3 fully saturated rings. The first-order valence-electron chi connectivity index (χ1n) is 36.3. The number of carbonyl (C=O) groups is 6. The molecule has 26 heteroatoms. The summed E-state index contributed by atoms with van der Waals surface area (Å²) in [6.45, 7) is 17.0. The average molecular weight is 1660 g/mol. The number of anilines is 3. The maximum absolute atomic E-state index is 14.3. The van der Waals surface area contributed by atoms with Crippen LogP contribution in [0.5, 0.6) is 34.5 Å². The Morgan fingerprint density at radius 1 is 0.432 bits per heavy atom. The van der Waals surface area contributed by atoms with Crippen LogP contribution < -0.4 is 44.9 Å². The van der Waals surface area contributed by atoms with E-state index < -0.39 is 18.1 Å². The van der Waals surface area contributed by atoms with Crippen LogP contribution in [0.2, 0.25) is 0 Å². The predicted molar refractivity (Wildman–Crippen MR) is 454 cm³/mol. The van der Waals surface area contributed by atoms with E-state index in [1.165, 1.54) is 38.9 Å². The summed E-state index contributed by atoms with van der Waals surface area (Å²) in [4.78, 5) is 94.7. The fourth-order valence-electron chi connectivity index (χ4n) is 13.7. The number of thiophene rings is 3. The second-order valence-electron chi connectivity index (χ2n) is 27.1. The number of para-hydroxylation sites is 3. The lowest BCUT2D eigenvalue weighted by atomic mass is 10.0. The van der Waals surface area contributed by atoms with Crippen molar-refractivity contribution in [1.29, 1.82) is 0 Å². The van der Waals surface area contributed by atoms with E-state index in [9.17, 15) is 28.8 Å². The fraction of sp³-hybridized carbons (Fsp3) is 0.294. The number of nitrogens with zero attached hydrogens (tertiary/aromatic N) is 6. The Kier molecular flexibility index (Phi) is 32.7. The number of halogens is 5. The Labute approximate surface area is 689 Å². The lowest BCUT2D eigenvalue weighted by Crippen LogP contribution is -2.58. The largest absolute Gasteiger partial charge is 0.457 e. The molecular weight excluding hydrogens is 1560 g/mol. The SMILES string of the molecule is C[C@@H]1CN(C(=O)C(c2cccs2)N(C(=O)CCl)c2ccc(Oc3ccccc3)cc2)C[C@H](C)N1.Cc1cc(Oc2ccccc2)ccc1N(C(=O)CCl)C(C(=O)N1CCNC(c2ccccc2)C1)c1cccs1.Cc1cc(Oc2ccccc2)ccc1N(C(=O)CCl)[C@@H](C(=O)N1CCN[C@@H](C(C)C)C1)c1cccs1.Cl.Cl. The van der Waals surface area contributed by atoms with Gasteiger partial charge in [0.1, 0.15) is 70.3 Å². The molecule has 0 spiro atoms. The van der Waals surface area contributed by atoms with Crippen molar-refractivity contribution in [2.45, 2.75) is 83.8 Å². The minimum atomic E-state index is -0.828. The molecule has 0 radical (unpaired) electrons. The van der Waals surface area contributed by atoms with E-state index in [4.69, 9.17) is 49.0 Å². The fourth-order valence-corrected chi connectivity index (χ4v) is 16.5. The van der Waals surface area contributed by atoms with Gasteiger partial charge in [0.15, 0.2) is 0 Å². The van der Waals surface area contributed by atoms with Crippen LogP contribution in [-0.4, -0.2) is 138 Å².